The van der Waals surface area contributed by atoms with Gasteiger partial charge < -0.3 is 37.9 Å². The second-order valence-corrected chi connectivity index (χ2v) is 17.0. The van der Waals surface area contributed by atoms with Gasteiger partial charge in [0.1, 0.15) is 11.5 Å². The predicted molar refractivity (Wildman–Crippen MR) is 266 cm³/mol. The van der Waals surface area contributed by atoms with Crippen LogP contribution in [0.5, 0.6) is 11.5 Å². The third kappa shape index (κ3) is 20.7. The molecule has 0 aliphatic carbocycles. The van der Waals surface area contributed by atoms with Gasteiger partial charge in [-0.2, -0.15) is 0 Å². The first-order valence-corrected chi connectivity index (χ1v) is 24.9. The van der Waals surface area contributed by atoms with E-state index in [0.717, 1.165) is 86.7 Å². The fourth-order valence-corrected chi connectivity index (χ4v) is 7.57. The predicted octanol–water partition coefficient (Wildman–Crippen LogP) is 11.8. The van der Waals surface area contributed by atoms with Crippen LogP contribution in [0.3, 0.4) is 0 Å². The van der Waals surface area contributed by atoms with Crippen LogP contribution in [0, 0.1) is 0 Å². The number of rotatable bonds is 34. The number of hydrogen-bond acceptors (Lipinski definition) is 14. The molecule has 2 aromatic carbocycles. The summed E-state index contributed by atoms with van der Waals surface area (Å²) in [5.41, 5.74) is 3.64. The fourth-order valence-electron chi connectivity index (χ4n) is 7.57. The Kier molecular flexibility index (Phi) is 25.3. The molecule has 14 heteroatoms. The fraction of sp³-hybridized carbons (Fsp3) is 0.464. The van der Waals surface area contributed by atoms with Crippen molar-refractivity contribution in [1.29, 1.82) is 0 Å². The average Bonchev–Trinajstić information content (AvgIpc) is 3.39. The van der Waals surface area contributed by atoms with Gasteiger partial charge in [-0.1, -0.05) is 127 Å². The number of aromatic nitrogens is 2. The molecule has 0 N–H and O–H groups in total. The van der Waals surface area contributed by atoms with Crippen LogP contribution in [0.25, 0.3) is 22.5 Å². The largest absolute Gasteiger partial charge is 0.492 e. The van der Waals surface area contributed by atoms with Gasteiger partial charge in [0.15, 0.2) is 0 Å². The van der Waals surface area contributed by atoms with Gasteiger partial charge in [-0.15, -0.1) is 0 Å². The molecular formula is C56H70N2O12. The number of esters is 4. The molecule has 0 unspecified atom stereocenters. The molecule has 70 heavy (non-hydrogen) atoms. The molecule has 14 nitrogen and oxygen atoms in total. The van der Waals surface area contributed by atoms with Gasteiger partial charge in [0.2, 0.25) is 0 Å². The van der Waals surface area contributed by atoms with E-state index in [1.165, 1.54) is 63.5 Å². The Morgan fingerprint density at radius 2 is 0.786 bits per heavy atom. The molecule has 2 aromatic heterocycles. The molecule has 0 bridgehead atoms. The summed E-state index contributed by atoms with van der Waals surface area (Å²) in [4.78, 5) is 57.6. The lowest BCUT2D eigenvalue weighted by Gasteiger charge is -2.30. The Morgan fingerprint density at radius 1 is 0.457 bits per heavy atom. The molecule has 3 heterocycles. The SMILES string of the molecule is C=CC(=O)OCCCCCCCCCCCOc1ccc(-c2ccc(C(=O)O[C@@H]3OCCO[C@H]3OC(=O)c3ccc(-c4ccc(OCCCCCCCCCCCOC(=O)C=C)cn4)cc3)cc2)nc1. The highest BCUT2D eigenvalue weighted by Gasteiger charge is 2.34. The number of carbonyl (C=O) groups is 4. The number of hydrogen-bond donors (Lipinski definition) is 0. The Balaban J connectivity index is 0.941. The molecular weight excluding hydrogens is 893 g/mol. The van der Waals surface area contributed by atoms with Crippen molar-refractivity contribution in [3.8, 4) is 34.0 Å². The highest BCUT2D eigenvalue weighted by molar-refractivity contribution is 5.91. The van der Waals surface area contributed by atoms with Gasteiger partial charge in [-0.3, -0.25) is 9.97 Å². The zero-order chi connectivity index (χ0) is 49.4. The number of unbranched alkanes of at least 4 members (excludes halogenated alkanes) is 16. The second kappa shape index (κ2) is 32.4. The quantitative estimate of drug-likeness (QED) is 0.0188. The molecule has 1 fully saturated rings. The van der Waals surface area contributed by atoms with Gasteiger partial charge in [0.05, 0.1) is 74.5 Å². The lowest BCUT2D eigenvalue weighted by molar-refractivity contribution is -0.288. The van der Waals surface area contributed by atoms with E-state index in [1.54, 1.807) is 60.9 Å². The molecule has 376 valence electrons. The minimum absolute atomic E-state index is 0.158. The number of benzene rings is 2. The Hall–Kier alpha value is -6.38. The van der Waals surface area contributed by atoms with E-state index < -0.39 is 24.5 Å². The first-order valence-electron chi connectivity index (χ1n) is 24.9. The standard InChI is InChI=1S/C56H70N2O12/c1-3-51(59)65-37-21-17-13-9-5-7-11-15-19-35-63-47-31-33-49(57-41-47)43-23-27-45(28-24-43)53(61)69-55-56(68-40-39-67-55)70-54(62)46-29-25-44(26-30-46)50-34-32-48(42-58-50)64-36-20-16-12-8-6-10-14-18-22-38-66-52(60)4-2/h3-4,23-34,41-42,55-56H,1-2,5-22,35-40H2/t55-,56-/m0/s1. The van der Waals surface area contributed by atoms with Crippen molar-refractivity contribution in [2.24, 2.45) is 0 Å². The topological polar surface area (TPSA) is 168 Å². The Labute approximate surface area is 413 Å². The smallest absolute Gasteiger partial charge is 0.340 e. The second-order valence-electron chi connectivity index (χ2n) is 17.0. The summed E-state index contributed by atoms with van der Waals surface area (Å²) in [7, 11) is 0. The lowest BCUT2D eigenvalue weighted by Crippen LogP contribution is -2.44. The van der Waals surface area contributed by atoms with Crippen LogP contribution in [0.4, 0.5) is 0 Å². The molecule has 0 radical (unpaired) electrons. The summed E-state index contributed by atoms with van der Waals surface area (Å²) >= 11 is 0. The molecule has 1 saturated heterocycles. The Bertz CT molecular complexity index is 2010. The maximum absolute atomic E-state index is 13.2. The van der Waals surface area contributed by atoms with E-state index in [4.69, 9.17) is 37.9 Å². The highest BCUT2D eigenvalue weighted by Crippen LogP contribution is 2.25. The lowest BCUT2D eigenvalue weighted by atomic mass is 10.1. The van der Waals surface area contributed by atoms with E-state index in [-0.39, 0.29) is 36.3 Å². The van der Waals surface area contributed by atoms with Crippen molar-refractivity contribution in [2.45, 2.75) is 128 Å². The molecule has 1 aliphatic rings. The van der Waals surface area contributed by atoms with Gasteiger partial charge >= 0.3 is 23.9 Å². The number of ether oxygens (including phenoxy) is 8. The third-order valence-electron chi connectivity index (χ3n) is 11.6. The van der Waals surface area contributed by atoms with Crippen molar-refractivity contribution >= 4 is 23.9 Å². The monoisotopic (exact) mass is 962 g/mol. The summed E-state index contributed by atoms with van der Waals surface area (Å²) in [6.45, 7) is 9.29. The van der Waals surface area contributed by atoms with Gasteiger partial charge in [-0.25, -0.2) is 19.2 Å². The summed E-state index contributed by atoms with van der Waals surface area (Å²) in [6, 6.07) is 21.2. The highest BCUT2D eigenvalue weighted by atomic mass is 16.8. The summed E-state index contributed by atoms with van der Waals surface area (Å²) in [6.07, 6.45) is 23.2. The van der Waals surface area contributed by atoms with Crippen LogP contribution in [-0.4, -0.2) is 86.1 Å². The number of pyridine rings is 2. The maximum atomic E-state index is 13.2. The van der Waals surface area contributed by atoms with Crippen LogP contribution in [0.15, 0.2) is 111 Å². The van der Waals surface area contributed by atoms with E-state index >= 15 is 0 Å². The van der Waals surface area contributed by atoms with Gasteiger partial charge in [-0.05, 0) is 74.2 Å². The van der Waals surface area contributed by atoms with Crippen LogP contribution < -0.4 is 9.47 Å². The van der Waals surface area contributed by atoms with Crippen LogP contribution >= 0.6 is 0 Å². The summed E-state index contributed by atoms with van der Waals surface area (Å²) in [5.74, 6) is -0.633. The van der Waals surface area contributed by atoms with E-state index in [0.29, 0.717) is 37.9 Å². The minimum Gasteiger partial charge on any atom is -0.492 e. The first kappa shape index (κ1) is 54.6. The normalized spacial score (nSPS) is 14.2. The van der Waals surface area contributed by atoms with Crippen molar-refractivity contribution in [3.05, 3.63) is 122 Å². The van der Waals surface area contributed by atoms with Crippen LogP contribution in [0.1, 0.15) is 136 Å². The molecule has 2 atom stereocenters. The van der Waals surface area contributed by atoms with E-state index in [9.17, 15) is 19.2 Å². The van der Waals surface area contributed by atoms with Gasteiger partial charge in [0.25, 0.3) is 12.6 Å². The zero-order valence-corrected chi connectivity index (χ0v) is 40.6. The van der Waals surface area contributed by atoms with Crippen LogP contribution in [0.2, 0.25) is 0 Å². The number of nitrogens with zero attached hydrogens (tertiary/aromatic N) is 2. The van der Waals surface area contributed by atoms with Crippen LogP contribution in [-0.2, 0) is 38.0 Å². The average molecular weight is 963 g/mol. The van der Waals surface area contributed by atoms with E-state index in [2.05, 4.69) is 23.1 Å². The molecule has 0 spiro atoms. The molecule has 4 aromatic rings. The third-order valence-corrected chi connectivity index (χ3v) is 11.6. The van der Waals surface area contributed by atoms with Crippen molar-refractivity contribution in [1.82, 2.24) is 9.97 Å². The summed E-state index contributed by atoms with van der Waals surface area (Å²) in [5, 5.41) is 0. The Morgan fingerprint density at radius 3 is 1.10 bits per heavy atom. The molecule has 5 rings (SSSR count). The van der Waals surface area contributed by atoms with Crippen molar-refractivity contribution in [2.75, 3.05) is 39.6 Å². The van der Waals surface area contributed by atoms with Gasteiger partial charge in [0, 0.05) is 23.3 Å². The molecule has 0 saturated carbocycles. The van der Waals surface area contributed by atoms with E-state index in [1.807, 2.05) is 24.3 Å². The molecule has 1 aliphatic heterocycles. The zero-order valence-electron chi connectivity index (χ0n) is 40.6. The van der Waals surface area contributed by atoms with Crippen molar-refractivity contribution in [3.63, 3.8) is 0 Å². The first-order chi connectivity index (χ1) is 34.3. The summed E-state index contributed by atoms with van der Waals surface area (Å²) < 4.78 is 44.4. The minimum atomic E-state index is -1.26. The number of carbonyl (C=O) groups excluding carboxylic acids is 4. The molecule has 0 amide bonds. The van der Waals surface area contributed by atoms with Crippen molar-refractivity contribution < 1.29 is 57.1 Å². The maximum Gasteiger partial charge on any atom is 0.340 e.